The number of hydrogen-bond donors (Lipinski definition) is 1. The number of aryl methyl sites for hydroxylation is 1. The van der Waals surface area contributed by atoms with Crippen molar-refractivity contribution in [1.29, 1.82) is 0 Å². The highest BCUT2D eigenvalue weighted by molar-refractivity contribution is 6.31. The van der Waals surface area contributed by atoms with Crippen LogP contribution in [0.1, 0.15) is 5.56 Å². The SMILES string of the molecule is COc1cc(Cl)c(C)cc1N1CCNCC1. The molecule has 88 valence electrons. The number of anilines is 1. The average molecular weight is 241 g/mol. The fourth-order valence-corrected chi connectivity index (χ4v) is 2.12. The van der Waals surface area contributed by atoms with E-state index < -0.39 is 0 Å². The quantitative estimate of drug-likeness (QED) is 0.857. The lowest BCUT2D eigenvalue weighted by Gasteiger charge is -2.31. The minimum Gasteiger partial charge on any atom is -0.495 e. The van der Waals surface area contributed by atoms with E-state index in [0.29, 0.717) is 0 Å². The van der Waals surface area contributed by atoms with E-state index in [0.717, 1.165) is 48.2 Å². The van der Waals surface area contributed by atoms with Gasteiger partial charge in [0.1, 0.15) is 5.75 Å². The molecule has 1 aromatic carbocycles. The second-order valence-electron chi connectivity index (χ2n) is 4.01. The lowest BCUT2D eigenvalue weighted by atomic mass is 10.1. The Kier molecular flexibility index (Phi) is 3.56. The van der Waals surface area contributed by atoms with E-state index in [4.69, 9.17) is 16.3 Å². The summed E-state index contributed by atoms with van der Waals surface area (Å²) in [4.78, 5) is 2.33. The third-order valence-corrected chi connectivity index (χ3v) is 3.33. The molecule has 3 nitrogen and oxygen atoms in total. The second kappa shape index (κ2) is 4.93. The maximum Gasteiger partial charge on any atom is 0.143 e. The van der Waals surface area contributed by atoms with Gasteiger partial charge in [0.05, 0.1) is 12.8 Å². The summed E-state index contributed by atoms with van der Waals surface area (Å²) in [5, 5.41) is 4.10. The largest absolute Gasteiger partial charge is 0.495 e. The lowest BCUT2D eigenvalue weighted by Crippen LogP contribution is -2.43. The second-order valence-corrected chi connectivity index (χ2v) is 4.42. The lowest BCUT2D eigenvalue weighted by molar-refractivity contribution is 0.413. The zero-order valence-corrected chi connectivity index (χ0v) is 10.5. The summed E-state index contributed by atoms with van der Waals surface area (Å²) in [6.45, 7) is 6.08. The highest BCUT2D eigenvalue weighted by atomic mass is 35.5. The van der Waals surface area contributed by atoms with Crippen LogP contribution in [0.4, 0.5) is 5.69 Å². The Labute approximate surface area is 101 Å². The molecule has 1 fully saturated rings. The van der Waals surface area contributed by atoms with Crippen LogP contribution >= 0.6 is 11.6 Å². The Balaban J connectivity index is 2.33. The molecule has 1 aliphatic heterocycles. The fourth-order valence-electron chi connectivity index (χ4n) is 1.96. The first-order valence-electron chi connectivity index (χ1n) is 5.52. The molecular weight excluding hydrogens is 224 g/mol. The smallest absolute Gasteiger partial charge is 0.143 e. The first-order valence-corrected chi connectivity index (χ1v) is 5.90. The number of halogens is 1. The van der Waals surface area contributed by atoms with E-state index in [1.54, 1.807) is 7.11 Å². The van der Waals surface area contributed by atoms with Crippen LogP contribution in [0.5, 0.6) is 5.75 Å². The topological polar surface area (TPSA) is 24.5 Å². The van der Waals surface area contributed by atoms with E-state index in [1.165, 1.54) is 0 Å². The molecule has 4 heteroatoms. The molecule has 0 atom stereocenters. The first-order chi connectivity index (χ1) is 7.72. The maximum atomic E-state index is 6.09. The van der Waals surface area contributed by atoms with Crippen molar-refractivity contribution in [3.63, 3.8) is 0 Å². The van der Waals surface area contributed by atoms with Gasteiger partial charge in [0, 0.05) is 37.3 Å². The highest BCUT2D eigenvalue weighted by Crippen LogP contribution is 2.33. The molecule has 1 aromatic rings. The number of methoxy groups -OCH3 is 1. The molecule has 0 unspecified atom stereocenters. The van der Waals surface area contributed by atoms with E-state index in [1.807, 2.05) is 13.0 Å². The summed E-state index contributed by atoms with van der Waals surface area (Å²) >= 11 is 6.09. The number of piperazine rings is 1. The third-order valence-electron chi connectivity index (χ3n) is 2.92. The maximum absolute atomic E-state index is 6.09. The molecule has 0 amide bonds. The number of nitrogens with one attached hydrogen (secondary N) is 1. The Bertz CT molecular complexity index is 376. The molecule has 1 N–H and O–H groups in total. The standard InChI is InChI=1S/C12H17ClN2O/c1-9-7-11(12(16-2)8-10(9)13)15-5-3-14-4-6-15/h7-8,14H,3-6H2,1-2H3. The molecule has 0 spiro atoms. The molecule has 1 saturated heterocycles. The summed E-state index contributed by atoms with van der Waals surface area (Å²) in [5.41, 5.74) is 2.24. The monoisotopic (exact) mass is 240 g/mol. The van der Waals surface area contributed by atoms with Crippen molar-refractivity contribution in [3.05, 3.63) is 22.7 Å². The summed E-state index contributed by atoms with van der Waals surface area (Å²) in [6, 6.07) is 4.00. The minimum atomic E-state index is 0.760. The van der Waals surface area contributed by atoms with Crippen LogP contribution in [0, 0.1) is 6.92 Å². The van der Waals surface area contributed by atoms with Gasteiger partial charge in [-0.05, 0) is 18.6 Å². The number of ether oxygens (including phenoxy) is 1. The predicted molar refractivity (Wildman–Crippen MR) is 67.8 cm³/mol. The fraction of sp³-hybridized carbons (Fsp3) is 0.500. The van der Waals surface area contributed by atoms with Gasteiger partial charge in [0.15, 0.2) is 0 Å². The molecule has 16 heavy (non-hydrogen) atoms. The highest BCUT2D eigenvalue weighted by Gasteiger charge is 2.16. The summed E-state index contributed by atoms with van der Waals surface area (Å²) in [6.07, 6.45) is 0. The Morgan fingerprint density at radius 1 is 1.31 bits per heavy atom. The number of benzene rings is 1. The molecule has 0 aliphatic carbocycles. The normalized spacial score (nSPS) is 16.3. The molecule has 0 aromatic heterocycles. The van der Waals surface area contributed by atoms with Crippen LogP contribution in [-0.4, -0.2) is 33.3 Å². The van der Waals surface area contributed by atoms with Crippen molar-refractivity contribution in [2.45, 2.75) is 6.92 Å². The van der Waals surface area contributed by atoms with Crippen LogP contribution in [0.15, 0.2) is 12.1 Å². The predicted octanol–water partition coefficient (Wildman–Crippen LogP) is 2.07. The average Bonchev–Trinajstić information content (AvgIpc) is 2.33. The number of hydrogen-bond acceptors (Lipinski definition) is 3. The van der Waals surface area contributed by atoms with Gasteiger partial charge < -0.3 is 15.0 Å². The van der Waals surface area contributed by atoms with E-state index in [-0.39, 0.29) is 0 Å². The van der Waals surface area contributed by atoms with E-state index >= 15 is 0 Å². The molecule has 2 rings (SSSR count). The zero-order valence-electron chi connectivity index (χ0n) is 9.72. The third kappa shape index (κ3) is 2.25. The molecule has 0 radical (unpaired) electrons. The molecular formula is C12H17ClN2O. The minimum absolute atomic E-state index is 0.760. The molecule has 1 aliphatic rings. The summed E-state index contributed by atoms with van der Waals surface area (Å²) in [7, 11) is 1.69. The van der Waals surface area contributed by atoms with Gasteiger partial charge in [-0.15, -0.1) is 0 Å². The van der Waals surface area contributed by atoms with E-state index in [2.05, 4.69) is 16.3 Å². The number of rotatable bonds is 2. The van der Waals surface area contributed by atoms with Gasteiger partial charge in [-0.25, -0.2) is 0 Å². The van der Waals surface area contributed by atoms with Gasteiger partial charge in [0.25, 0.3) is 0 Å². The molecule has 0 saturated carbocycles. The van der Waals surface area contributed by atoms with Crippen molar-refractivity contribution in [2.75, 3.05) is 38.2 Å². The van der Waals surface area contributed by atoms with Crippen LogP contribution < -0.4 is 15.0 Å². The summed E-state index contributed by atoms with van der Waals surface area (Å²) in [5.74, 6) is 0.859. The van der Waals surface area contributed by atoms with Crippen molar-refractivity contribution in [1.82, 2.24) is 5.32 Å². The van der Waals surface area contributed by atoms with E-state index in [9.17, 15) is 0 Å². The van der Waals surface area contributed by atoms with Gasteiger partial charge in [0.2, 0.25) is 0 Å². The summed E-state index contributed by atoms with van der Waals surface area (Å²) < 4.78 is 5.39. The first kappa shape index (κ1) is 11.6. The van der Waals surface area contributed by atoms with Crippen molar-refractivity contribution in [2.24, 2.45) is 0 Å². The Morgan fingerprint density at radius 2 is 2.00 bits per heavy atom. The molecule has 0 bridgehead atoms. The van der Waals surface area contributed by atoms with Crippen LogP contribution in [0.2, 0.25) is 5.02 Å². The number of nitrogens with zero attached hydrogens (tertiary/aromatic N) is 1. The van der Waals surface area contributed by atoms with Gasteiger partial charge in [-0.3, -0.25) is 0 Å². The van der Waals surface area contributed by atoms with Crippen molar-refractivity contribution >= 4 is 17.3 Å². The van der Waals surface area contributed by atoms with Crippen molar-refractivity contribution < 1.29 is 4.74 Å². The van der Waals surface area contributed by atoms with Gasteiger partial charge >= 0.3 is 0 Å². The van der Waals surface area contributed by atoms with Crippen LogP contribution in [0.25, 0.3) is 0 Å². The van der Waals surface area contributed by atoms with Crippen LogP contribution in [-0.2, 0) is 0 Å². The van der Waals surface area contributed by atoms with Crippen molar-refractivity contribution in [3.8, 4) is 5.75 Å². The Hall–Kier alpha value is -0.930. The molecule has 1 heterocycles. The van der Waals surface area contributed by atoms with Gasteiger partial charge in [-0.2, -0.15) is 0 Å². The van der Waals surface area contributed by atoms with Gasteiger partial charge in [-0.1, -0.05) is 11.6 Å². The Morgan fingerprint density at radius 3 is 2.62 bits per heavy atom. The van der Waals surface area contributed by atoms with Crippen LogP contribution in [0.3, 0.4) is 0 Å². The zero-order chi connectivity index (χ0) is 11.5.